The Labute approximate surface area is 86.3 Å². The summed E-state index contributed by atoms with van der Waals surface area (Å²) in [6, 6.07) is 0. The normalized spacial score (nSPS) is 60.3. The summed E-state index contributed by atoms with van der Waals surface area (Å²) in [5.41, 5.74) is 1.08. The van der Waals surface area contributed by atoms with Crippen molar-refractivity contribution in [2.75, 3.05) is 0 Å². The van der Waals surface area contributed by atoms with Crippen LogP contribution in [0.4, 0.5) is 0 Å². The van der Waals surface area contributed by atoms with Crippen LogP contribution in [0, 0.1) is 22.2 Å². The van der Waals surface area contributed by atoms with Gasteiger partial charge in [-0.1, -0.05) is 13.8 Å². The fourth-order valence-corrected chi connectivity index (χ4v) is 5.67. The third-order valence-corrected chi connectivity index (χ3v) is 4.92. The average molecular weight is 192 g/mol. The summed E-state index contributed by atoms with van der Waals surface area (Å²) in [4.78, 5) is 11.3. The molecule has 0 N–H and O–H groups in total. The van der Waals surface area contributed by atoms with Crippen LogP contribution in [0.2, 0.25) is 0 Å². The highest BCUT2D eigenvalue weighted by atomic mass is 16.1. The Balaban J connectivity index is 2.05. The first kappa shape index (κ1) is 8.94. The van der Waals surface area contributed by atoms with Crippen molar-refractivity contribution in [3.63, 3.8) is 0 Å². The van der Waals surface area contributed by atoms with Crippen LogP contribution < -0.4 is 0 Å². The Bertz CT molecular complexity index is 276. The highest BCUT2D eigenvalue weighted by Crippen LogP contribution is 2.68. The number of aldehydes is 1. The van der Waals surface area contributed by atoms with Gasteiger partial charge in [-0.15, -0.1) is 0 Å². The van der Waals surface area contributed by atoms with E-state index in [0.29, 0.717) is 10.8 Å². The van der Waals surface area contributed by atoms with E-state index in [1.165, 1.54) is 44.8 Å². The largest absolute Gasteiger partial charge is 0.303 e. The zero-order valence-corrected chi connectivity index (χ0v) is 9.31. The SMILES string of the molecule is C[C@]12CC3CC(C=O)(C1)C[C@@](C)(C3)C2. The zero-order valence-electron chi connectivity index (χ0n) is 9.31. The molecular weight excluding hydrogens is 172 g/mol. The van der Waals surface area contributed by atoms with Crippen LogP contribution in [0.5, 0.6) is 0 Å². The zero-order chi connectivity index (χ0) is 10.0. The molecule has 0 saturated heterocycles. The summed E-state index contributed by atoms with van der Waals surface area (Å²) in [5, 5.41) is 0. The molecule has 4 aliphatic rings. The van der Waals surface area contributed by atoms with Crippen molar-refractivity contribution < 1.29 is 4.79 Å². The van der Waals surface area contributed by atoms with E-state index in [1.807, 2.05) is 0 Å². The summed E-state index contributed by atoms with van der Waals surface area (Å²) in [5.74, 6) is 0.853. The van der Waals surface area contributed by atoms with Crippen molar-refractivity contribution in [3.8, 4) is 0 Å². The van der Waals surface area contributed by atoms with Crippen molar-refractivity contribution in [2.45, 2.75) is 52.4 Å². The molecule has 0 aromatic rings. The quantitative estimate of drug-likeness (QED) is 0.583. The molecule has 2 unspecified atom stereocenters. The summed E-state index contributed by atoms with van der Waals surface area (Å²) in [7, 11) is 0. The Morgan fingerprint density at radius 3 is 2.00 bits per heavy atom. The van der Waals surface area contributed by atoms with Crippen LogP contribution in [0.3, 0.4) is 0 Å². The Morgan fingerprint density at radius 2 is 1.57 bits per heavy atom. The summed E-state index contributed by atoms with van der Waals surface area (Å²) < 4.78 is 0. The molecule has 4 rings (SSSR count). The lowest BCUT2D eigenvalue weighted by Crippen LogP contribution is -2.55. The van der Waals surface area contributed by atoms with E-state index in [4.69, 9.17) is 0 Å². The van der Waals surface area contributed by atoms with Gasteiger partial charge >= 0.3 is 0 Å². The van der Waals surface area contributed by atoms with Gasteiger partial charge in [0.1, 0.15) is 6.29 Å². The first-order valence-electron chi connectivity index (χ1n) is 5.93. The first-order valence-corrected chi connectivity index (χ1v) is 5.93. The molecule has 0 spiro atoms. The minimum Gasteiger partial charge on any atom is -0.303 e. The smallest absolute Gasteiger partial charge is 0.126 e. The van der Waals surface area contributed by atoms with Gasteiger partial charge < -0.3 is 4.79 Å². The van der Waals surface area contributed by atoms with Crippen LogP contribution in [0.25, 0.3) is 0 Å². The number of hydrogen-bond acceptors (Lipinski definition) is 1. The van der Waals surface area contributed by atoms with Gasteiger partial charge in [-0.05, 0) is 55.3 Å². The maximum absolute atomic E-state index is 11.3. The molecule has 4 fully saturated rings. The molecule has 4 saturated carbocycles. The van der Waals surface area contributed by atoms with Crippen LogP contribution in [0.1, 0.15) is 52.4 Å². The molecule has 78 valence electrons. The first-order chi connectivity index (χ1) is 6.47. The lowest BCUT2D eigenvalue weighted by atomic mass is 9.41. The summed E-state index contributed by atoms with van der Waals surface area (Å²) in [6.45, 7) is 4.82. The van der Waals surface area contributed by atoms with E-state index >= 15 is 0 Å². The summed E-state index contributed by atoms with van der Waals surface area (Å²) >= 11 is 0. The van der Waals surface area contributed by atoms with E-state index in [9.17, 15) is 4.79 Å². The highest BCUT2D eigenvalue weighted by Gasteiger charge is 2.59. The van der Waals surface area contributed by atoms with E-state index in [-0.39, 0.29) is 5.41 Å². The van der Waals surface area contributed by atoms with Gasteiger partial charge in [0, 0.05) is 5.41 Å². The van der Waals surface area contributed by atoms with E-state index < -0.39 is 0 Å². The molecule has 0 radical (unpaired) electrons. The highest BCUT2D eigenvalue weighted by molar-refractivity contribution is 5.61. The van der Waals surface area contributed by atoms with Gasteiger partial charge in [0.2, 0.25) is 0 Å². The fourth-order valence-electron chi connectivity index (χ4n) is 5.67. The fraction of sp³-hybridized carbons (Fsp3) is 0.923. The molecule has 1 nitrogen and oxygen atoms in total. The van der Waals surface area contributed by atoms with Crippen molar-refractivity contribution >= 4 is 6.29 Å². The Hall–Kier alpha value is -0.330. The second kappa shape index (κ2) is 2.25. The second-order valence-corrected chi connectivity index (χ2v) is 7.11. The predicted octanol–water partition coefficient (Wildman–Crippen LogP) is 3.18. The number of rotatable bonds is 1. The van der Waals surface area contributed by atoms with E-state index in [1.54, 1.807) is 0 Å². The van der Waals surface area contributed by atoms with Crippen molar-refractivity contribution in [1.82, 2.24) is 0 Å². The van der Waals surface area contributed by atoms with Gasteiger partial charge in [0.25, 0.3) is 0 Å². The maximum Gasteiger partial charge on any atom is 0.126 e. The number of carbonyl (C=O) groups is 1. The monoisotopic (exact) mass is 192 g/mol. The third-order valence-electron chi connectivity index (χ3n) is 4.92. The molecule has 4 aliphatic carbocycles. The molecule has 0 heterocycles. The van der Waals surface area contributed by atoms with Crippen molar-refractivity contribution in [3.05, 3.63) is 0 Å². The lowest BCUT2D eigenvalue weighted by Gasteiger charge is -2.63. The van der Waals surface area contributed by atoms with Crippen LogP contribution in [-0.2, 0) is 4.79 Å². The van der Waals surface area contributed by atoms with Gasteiger partial charge in [-0.25, -0.2) is 0 Å². The van der Waals surface area contributed by atoms with E-state index in [2.05, 4.69) is 13.8 Å². The Kier molecular flexibility index (Phi) is 1.44. The molecular formula is C13H20O. The van der Waals surface area contributed by atoms with E-state index in [0.717, 1.165) is 5.92 Å². The lowest BCUT2D eigenvalue weighted by molar-refractivity contribution is -0.157. The minimum atomic E-state index is 0.0862. The molecule has 0 aromatic heterocycles. The molecule has 4 atom stereocenters. The standard InChI is InChI=1S/C13H20O/c1-11-3-10-4-12(2,6-11)8-13(5-10,7-11)9-14/h9-10H,3-8H2,1-2H3/t10?,11-,12+,13?. The minimum absolute atomic E-state index is 0.0862. The van der Waals surface area contributed by atoms with Gasteiger partial charge in [0.15, 0.2) is 0 Å². The topological polar surface area (TPSA) is 17.1 Å². The maximum atomic E-state index is 11.3. The van der Waals surface area contributed by atoms with Gasteiger partial charge in [-0.2, -0.15) is 0 Å². The molecule has 0 aliphatic heterocycles. The summed E-state index contributed by atoms with van der Waals surface area (Å²) in [6.07, 6.45) is 8.99. The third kappa shape index (κ3) is 1.04. The average Bonchev–Trinajstić information content (AvgIpc) is 1.97. The number of hydrogen-bond donors (Lipinski definition) is 0. The van der Waals surface area contributed by atoms with Gasteiger partial charge in [-0.3, -0.25) is 0 Å². The van der Waals surface area contributed by atoms with Crippen molar-refractivity contribution in [1.29, 1.82) is 0 Å². The van der Waals surface area contributed by atoms with Crippen molar-refractivity contribution in [2.24, 2.45) is 22.2 Å². The molecule has 1 heteroatoms. The van der Waals surface area contributed by atoms with Crippen LogP contribution in [0.15, 0.2) is 0 Å². The van der Waals surface area contributed by atoms with Crippen LogP contribution >= 0.6 is 0 Å². The Morgan fingerprint density at radius 1 is 1.00 bits per heavy atom. The number of carbonyl (C=O) groups excluding carboxylic acids is 1. The molecule has 0 aromatic carbocycles. The molecule has 4 bridgehead atoms. The predicted molar refractivity (Wildman–Crippen MR) is 55.9 cm³/mol. The second-order valence-electron chi connectivity index (χ2n) is 7.11. The van der Waals surface area contributed by atoms with Gasteiger partial charge in [0.05, 0.1) is 0 Å². The molecule has 0 amide bonds. The molecule has 14 heavy (non-hydrogen) atoms. The van der Waals surface area contributed by atoms with Crippen LogP contribution in [-0.4, -0.2) is 6.29 Å².